The van der Waals surface area contributed by atoms with Crippen molar-refractivity contribution in [3.05, 3.63) is 11.7 Å². The van der Waals surface area contributed by atoms with Crippen LogP contribution in [0.5, 0.6) is 0 Å². The summed E-state index contributed by atoms with van der Waals surface area (Å²) in [6.07, 6.45) is 0.678. The van der Waals surface area contributed by atoms with Crippen molar-refractivity contribution in [3.63, 3.8) is 0 Å². The monoisotopic (exact) mass is 142 g/mol. The lowest BCUT2D eigenvalue weighted by Gasteiger charge is -1.90. The molecule has 1 heterocycles. The third-order valence-corrected chi connectivity index (χ3v) is 1.05. The first kappa shape index (κ1) is 7.17. The van der Waals surface area contributed by atoms with E-state index in [1.54, 1.807) is 6.92 Å². The molecule has 0 aliphatic heterocycles. The van der Waals surface area contributed by atoms with Gasteiger partial charge in [-0.25, -0.2) is 0 Å². The van der Waals surface area contributed by atoms with Crippen molar-refractivity contribution < 1.29 is 4.52 Å². The van der Waals surface area contributed by atoms with Crippen molar-refractivity contribution >= 4 is 0 Å². The molecule has 5 heteroatoms. The molecule has 0 aliphatic carbocycles. The average molecular weight is 142 g/mol. The fourth-order valence-corrected chi connectivity index (χ4v) is 0.621. The topological polar surface area (TPSA) is 77.0 Å². The molecule has 0 aromatic carbocycles. The van der Waals surface area contributed by atoms with Gasteiger partial charge in [-0.15, -0.1) is 0 Å². The van der Waals surface area contributed by atoms with Crippen LogP contribution in [-0.2, 0) is 6.42 Å². The zero-order valence-corrected chi connectivity index (χ0v) is 5.79. The lowest BCUT2D eigenvalue weighted by molar-refractivity contribution is 0.373. The second kappa shape index (κ2) is 3.28. The summed E-state index contributed by atoms with van der Waals surface area (Å²) in [7, 11) is 0. The van der Waals surface area contributed by atoms with Crippen LogP contribution in [0, 0.1) is 6.92 Å². The van der Waals surface area contributed by atoms with E-state index in [4.69, 9.17) is 10.4 Å². The van der Waals surface area contributed by atoms with E-state index >= 15 is 0 Å². The molecule has 1 aromatic rings. The molecule has 0 unspecified atom stereocenters. The Bertz CT molecular complexity index is 197. The molecule has 0 bridgehead atoms. The van der Waals surface area contributed by atoms with Gasteiger partial charge in [0, 0.05) is 13.0 Å². The Morgan fingerprint density at radius 1 is 1.70 bits per heavy atom. The molecule has 10 heavy (non-hydrogen) atoms. The zero-order chi connectivity index (χ0) is 7.40. The molecule has 56 valence electrons. The van der Waals surface area contributed by atoms with Gasteiger partial charge in [-0.1, -0.05) is 5.16 Å². The highest BCUT2D eigenvalue weighted by atomic mass is 16.5. The lowest BCUT2D eigenvalue weighted by Crippen LogP contribution is -2.24. The summed E-state index contributed by atoms with van der Waals surface area (Å²) in [5.41, 5.74) is 2.50. The van der Waals surface area contributed by atoms with Gasteiger partial charge < -0.3 is 4.52 Å². The smallest absolute Gasteiger partial charge is 0.227 e. The van der Waals surface area contributed by atoms with E-state index in [1.165, 1.54) is 0 Å². The number of aromatic nitrogens is 2. The largest absolute Gasteiger partial charge is 0.339 e. The van der Waals surface area contributed by atoms with Gasteiger partial charge in [-0.3, -0.25) is 11.3 Å². The van der Waals surface area contributed by atoms with E-state index in [9.17, 15) is 0 Å². The Labute approximate surface area is 58.6 Å². The summed E-state index contributed by atoms with van der Waals surface area (Å²) >= 11 is 0. The predicted octanol–water partition coefficient (Wildman–Crippen LogP) is -0.616. The van der Waals surface area contributed by atoms with Crippen LogP contribution in [0.4, 0.5) is 0 Å². The molecule has 5 nitrogen and oxygen atoms in total. The molecule has 0 fully saturated rings. The van der Waals surface area contributed by atoms with E-state index in [-0.39, 0.29) is 0 Å². The Morgan fingerprint density at radius 2 is 2.50 bits per heavy atom. The van der Waals surface area contributed by atoms with Crippen LogP contribution >= 0.6 is 0 Å². The Kier molecular flexibility index (Phi) is 2.35. The third kappa shape index (κ3) is 1.78. The summed E-state index contributed by atoms with van der Waals surface area (Å²) in [6.45, 7) is 2.44. The summed E-state index contributed by atoms with van der Waals surface area (Å²) in [5, 5.41) is 3.61. The van der Waals surface area contributed by atoms with Crippen molar-refractivity contribution in [1.82, 2.24) is 15.6 Å². The highest BCUT2D eigenvalue weighted by molar-refractivity contribution is 4.82. The second-order valence-corrected chi connectivity index (χ2v) is 1.94. The average Bonchev–Trinajstić information content (AvgIpc) is 2.31. The number of nitrogens with one attached hydrogen (secondary N) is 1. The predicted molar refractivity (Wildman–Crippen MR) is 34.9 cm³/mol. The molecule has 1 rings (SSSR count). The quantitative estimate of drug-likeness (QED) is 0.434. The van der Waals surface area contributed by atoms with Crippen LogP contribution in [0.15, 0.2) is 4.52 Å². The van der Waals surface area contributed by atoms with Crippen molar-refractivity contribution in [2.45, 2.75) is 13.3 Å². The molecule has 0 spiro atoms. The molecule has 0 amide bonds. The van der Waals surface area contributed by atoms with Gasteiger partial charge in [0.2, 0.25) is 5.89 Å². The van der Waals surface area contributed by atoms with Crippen molar-refractivity contribution in [2.24, 2.45) is 5.84 Å². The number of hydrogen-bond donors (Lipinski definition) is 2. The number of nitrogens with two attached hydrogens (primary N) is 1. The Balaban J connectivity index is 2.42. The van der Waals surface area contributed by atoms with E-state index in [1.807, 2.05) is 0 Å². The summed E-state index contributed by atoms with van der Waals surface area (Å²) < 4.78 is 4.81. The maximum Gasteiger partial charge on any atom is 0.227 e. The molecule has 3 N–H and O–H groups in total. The Hall–Kier alpha value is -0.940. The zero-order valence-electron chi connectivity index (χ0n) is 5.79. The summed E-state index contributed by atoms with van der Waals surface area (Å²) in [6, 6.07) is 0. The number of hydrogen-bond acceptors (Lipinski definition) is 5. The standard InChI is InChI=1S/C5H10N4O/c1-4-8-5(10-9-4)2-3-7-6/h7H,2-3,6H2,1H3. The number of hydrazine groups is 1. The summed E-state index contributed by atoms with van der Waals surface area (Å²) in [5.74, 6) is 6.32. The van der Waals surface area contributed by atoms with Crippen molar-refractivity contribution in [1.29, 1.82) is 0 Å². The van der Waals surface area contributed by atoms with Crippen LogP contribution in [0.3, 0.4) is 0 Å². The minimum atomic E-state index is 0.621. The summed E-state index contributed by atoms with van der Waals surface area (Å²) in [4.78, 5) is 3.97. The van der Waals surface area contributed by atoms with E-state index in [2.05, 4.69) is 15.6 Å². The SMILES string of the molecule is Cc1noc(CCNN)n1. The van der Waals surface area contributed by atoms with Crippen molar-refractivity contribution in [2.75, 3.05) is 6.54 Å². The molecular weight excluding hydrogens is 132 g/mol. The minimum Gasteiger partial charge on any atom is -0.339 e. The van der Waals surface area contributed by atoms with Gasteiger partial charge in [0.15, 0.2) is 5.82 Å². The molecule has 0 saturated carbocycles. The number of nitrogens with zero attached hydrogens (tertiary/aromatic N) is 2. The maximum atomic E-state index is 5.04. The molecule has 0 radical (unpaired) electrons. The van der Waals surface area contributed by atoms with Crippen LogP contribution in [0.1, 0.15) is 11.7 Å². The van der Waals surface area contributed by atoms with Gasteiger partial charge in [-0.2, -0.15) is 4.98 Å². The van der Waals surface area contributed by atoms with Crippen molar-refractivity contribution in [3.8, 4) is 0 Å². The van der Waals surface area contributed by atoms with Gasteiger partial charge in [0.1, 0.15) is 0 Å². The molecular formula is C5H10N4O. The normalized spacial score (nSPS) is 10.2. The van der Waals surface area contributed by atoms with E-state index < -0.39 is 0 Å². The highest BCUT2D eigenvalue weighted by Gasteiger charge is 1.99. The van der Waals surface area contributed by atoms with Gasteiger partial charge >= 0.3 is 0 Å². The highest BCUT2D eigenvalue weighted by Crippen LogP contribution is 1.94. The van der Waals surface area contributed by atoms with Gasteiger partial charge in [-0.05, 0) is 6.92 Å². The Morgan fingerprint density at radius 3 is 3.00 bits per heavy atom. The first-order valence-electron chi connectivity index (χ1n) is 3.05. The lowest BCUT2D eigenvalue weighted by atomic mass is 10.4. The molecule has 0 atom stereocenters. The van der Waals surface area contributed by atoms with Gasteiger partial charge in [0.25, 0.3) is 0 Å². The van der Waals surface area contributed by atoms with E-state index in [0.29, 0.717) is 24.7 Å². The first-order valence-corrected chi connectivity index (χ1v) is 3.05. The molecule has 1 aromatic heterocycles. The van der Waals surface area contributed by atoms with Crippen LogP contribution in [0.25, 0.3) is 0 Å². The fourth-order valence-electron chi connectivity index (χ4n) is 0.621. The van der Waals surface area contributed by atoms with E-state index in [0.717, 1.165) is 0 Å². The fraction of sp³-hybridized carbons (Fsp3) is 0.600. The first-order chi connectivity index (χ1) is 4.83. The molecule has 0 saturated heterocycles. The number of rotatable bonds is 3. The minimum absolute atomic E-state index is 0.621. The second-order valence-electron chi connectivity index (χ2n) is 1.94. The maximum absolute atomic E-state index is 5.04. The van der Waals surface area contributed by atoms with Crippen LogP contribution in [-0.4, -0.2) is 16.7 Å². The van der Waals surface area contributed by atoms with Gasteiger partial charge in [0.05, 0.1) is 0 Å². The molecule has 0 aliphatic rings. The number of aryl methyl sites for hydroxylation is 1. The van der Waals surface area contributed by atoms with Crippen LogP contribution in [0.2, 0.25) is 0 Å². The third-order valence-electron chi connectivity index (χ3n) is 1.05. The van der Waals surface area contributed by atoms with Crippen LogP contribution < -0.4 is 11.3 Å².